The maximum Gasteiger partial charge on any atom is 0.210 e. The SMILES string of the molecule is NS(=O)(=O)CCNCc1cccc(Cl)c1O. The Bertz CT molecular complexity index is 462. The molecule has 7 heteroatoms. The number of primary sulfonamides is 1. The van der Waals surface area contributed by atoms with Crippen LogP contribution in [0.4, 0.5) is 0 Å². The van der Waals surface area contributed by atoms with Crippen LogP contribution in [0.1, 0.15) is 5.56 Å². The number of phenolic OH excluding ortho intramolecular Hbond substituents is 1. The van der Waals surface area contributed by atoms with Crippen LogP contribution in [0.2, 0.25) is 5.02 Å². The van der Waals surface area contributed by atoms with Crippen molar-refractivity contribution in [2.24, 2.45) is 5.14 Å². The summed E-state index contributed by atoms with van der Waals surface area (Å²) in [6, 6.07) is 4.98. The lowest BCUT2D eigenvalue weighted by molar-refractivity contribution is 0.465. The highest BCUT2D eigenvalue weighted by atomic mass is 35.5. The normalized spacial score (nSPS) is 11.6. The lowest BCUT2D eigenvalue weighted by atomic mass is 10.2. The average Bonchev–Trinajstić information content (AvgIpc) is 2.17. The number of hydrogen-bond acceptors (Lipinski definition) is 4. The molecule has 0 bridgehead atoms. The first-order valence-electron chi connectivity index (χ1n) is 4.57. The summed E-state index contributed by atoms with van der Waals surface area (Å²) < 4.78 is 21.3. The van der Waals surface area contributed by atoms with Gasteiger partial charge in [-0.3, -0.25) is 0 Å². The van der Waals surface area contributed by atoms with Crippen LogP contribution in [0.15, 0.2) is 18.2 Å². The van der Waals surface area contributed by atoms with Gasteiger partial charge in [-0.1, -0.05) is 23.7 Å². The van der Waals surface area contributed by atoms with Gasteiger partial charge < -0.3 is 10.4 Å². The number of benzene rings is 1. The van der Waals surface area contributed by atoms with Crippen molar-refractivity contribution < 1.29 is 13.5 Å². The number of sulfonamides is 1. The lowest BCUT2D eigenvalue weighted by Crippen LogP contribution is -2.26. The summed E-state index contributed by atoms with van der Waals surface area (Å²) in [5.74, 6) is -0.138. The second kappa shape index (κ2) is 5.49. The van der Waals surface area contributed by atoms with Crippen molar-refractivity contribution in [2.75, 3.05) is 12.3 Å². The monoisotopic (exact) mass is 264 g/mol. The summed E-state index contributed by atoms with van der Waals surface area (Å²) in [7, 11) is -3.45. The van der Waals surface area contributed by atoms with Crippen molar-refractivity contribution in [3.8, 4) is 5.75 Å². The Balaban J connectivity index is 2.47. The highest BCUT2D eigenvalue weighted by Gasteiger charge is 2.05. The molecule has 0 saturated heterocycles. The van der Waals surface area contributed by atoms with E-state index in [0.717, 1.165) is 0 Å². The summed E-state index contributed by atoms with van der Waals surface area (Å²) in [4.78, 5) is 0. The van der Waals surface area contributed by atoms with Gasteiger partial charge in [0.05, 0.1) is 10.8 Å². The van der Waals surface area contributed by atoms with Gasteiger partial charge in [-0.05, 0) is 6.07 Å². The predicted octanol–water partition coefficient (Wildman–Crippen LogP) is 0.424. The van der Waals surface area contributed by atoms with E-state index in [4.69, 9.17) is 16.7 Å². The van der Waals surface area contributed by atoms with Crippen LogP contribution >= 0.6 is 11.6 Å². The van der Waals surface area contributed by atoms with Gasteiger partial charge in [-0.2, -0.15) is 0 Å². The Morgan fingerprint density at radius 1 is 1.44 bits per heavy atom. The van der Waals surface area contributed by atoms with Crippen LogP contribution in [0.25, 0.3) is 0 Å². The summed E-state index contributed by atoms with van der Waals surface area (Å²) in [5, 5.41) is 17.5. The molecule has 0 saturated carbocycles. The molecule has 0 unspecified atom stereocenters. The van der Waals surface area contributed by atoms with Gasteiger partial charge >= 0.3 is 0 Å². The van der Waals surface area contributed by atoms with Crippen LogP contribution in [0.5, 0.6) is 5.75 Å². The molecule has 0 aliphatic rings. The molecular weight excluding hydrogens is 252 g/mol. The van der Waals surface area contributed by atoms with Crippen LogP contribution in [0.3, 0.4) is 0 Å². The van der Waals surface area contributed by atoms with Crippen LogP contribution in [0, 0.1) is 0 Å². The first-order chi connectivity index (χ1) is 7.40. The molecule has 0 atom stereocenters. The van der Waals surface area contributed by atoms with Crippen molar-refractivity contribution in [3.05, 3.63) is 28.8 Å². The zero-order valence-electron chi connectivity index (χ0n) is 8.48. The molecule has 16 heavy (non-hydrogen) atoms. The Hall–Kier alpha value is -0.820. The number of nitrogens with two attached hydrogens (primary N) is 1. The standard InChI is InChI=1S/C9H13ClN2O3S/c10-8-3-1-2-7(9(8)13)6-12-4-5-16(11,14)15/h1-3,12-13H,4-6H2,(H2,11,14,15). The Morgan fingerprint density at radius 2 is 2.12 bits per heavy atom. The van der Waals surface area contributed by atoms with Crippen molar-refractivity contribution in [2.45, 2.75) is 6.54 Å². The van der Waals surface area contributed by atoms with Gasteiger partial charge in [-0.25, -0.2) is 13.6 Å². The van der Waals surface area contributed by atoms with E-state index in [2.05, 4.69) is 5.32 Å². The number of halogens is 1. The lowest BCUT2D eigenvalue weighted by Gasteiger charge is -2.07. The second-order valence-corrected chi connectivity index (χ2v) is 5.43. The van der Waals surface area contributed by atoms with E-state index in [1.54, 1.807) is 18.2 Å². The Kier molecular flexibility index (Phi) is 4.55. The summed E-state index contributed by atoms with van der Waals surface area (Å²) in [6.45, 7) is 0.562. The molecule has 0 aliphatic carbocycles. The first kappa shape index (κ1) is 13.2. The molecule has 0 heterocycles. The molecule has 1 aromatic rings. The van der Waals surface area contributed by atoms with Gasteiger partial charge in [0.1, 0.15) is 5.75 Å². The van der Waals surface area contributed by atoms with E-state index in [1.807, 2.05) is 0 Å². The van der Waals surface area contributed by atoms with Crippen LogP contribution < -0.4 is 10.5 Å². The van der Waals surface area contributed by atoms with Gasteiger partial charge in [0.15, 0.2) is 0 Å². The molecule has 1 rings (SSSR count). The smallest absolute Gasteiger partial charge is 0.210 e. The Morgan fingerprint density at radius 3 is 2.75 bits per heavy atom. The quantitative estimate of drug-likeness (QED) is 0.672. The molecule has 0 amide bonds. The van der Waals surface area contributed by atoms with E-state index in [9.17, 15) is 13.5 Å². The molecule has 0 spiro atoms. The molecule has 0 fully saturated rings. The fourth-order valence-electron chi connectivity index (χ4n) is 1.14. The number of phenols is 1. The minimum atomic E-state index is -3.45. The van der Waals surface area contributed by atoms with Crippen molar-refractivity contribution in [1.29, 1.82) is 0 Å². The zero-order valence-corrected chi connectivity index (χ0v) is 10.1. The fourth-order valence-corrected chi connectivity index (χ4v) is 1.76. The molecule has 0 aliphatic heterocycles. The van der Waals surface area contributed by atoms with Crippen molar-refractivity contribution in [1.82, 2.24) is 5.32 Å². The van der Waals surface area contributed by atoms with Crippen molar-refractivity contribution >= 4 is 21.6 Å². The maximum atomic E-state index is 10.6. The van der Waals surface area contributed by atoms with E-state index < -0.39 is 10.0 Å². The van der Waals surface area contributed by atoms with Crippen LogP contribution in [-0.4, -0.2) is 25.8 Å². The molecule has 1 aromatic carbocycles. The number of hydrogen-bond donors (Lipinski definition) is 3. The molecule has 5 nitrogen and oxygen atoms in total. The predicted molar refractivity (Wildman–Crippen MR) is 62.8 cm³/mol. The fraction of sp³-hybridized carbons (Fsp3) is 0.333. The summed E-state index contributed by atoms with van der Waals surface area (Å²) in [6.07, 6.45) is 0. The van der Waals surface area contributed by atoms with Crippen LogP contribution in [-0.2, 0) is 16.6 Å². The summed E-state index contributed by atoms with van der Waals surface area (Å²) in [5.41, 5.74) is 0.613. The zero-order chi connectivity index (χ0) is 12.2. The van der Waals surface area contributed by atoms with Gasteiger partial charge in [0, 0.05) is 18.7 Å². The molecule has 90 valence electrons. The maximum absolute atomic E-state index is 10.6. The molecular formula is C9H13ClN2O3S. The van der Waals surface area contributed by atoms with E-state index in [1.165, 1.54) is 0 Å². The second-order valence-electron chi connectivity index (χ2n) is 3.29. The van der Waals surface area contributed by atoms with Gasteiger partial charge in [-0.15, -0.1) is 0 Å². The highest BCUT2D eigenvalue weighted by Crippen LogP contribution is 2.26. The van der Waals surface area contributed by atoms with Gasteiger partial charge in [0.2, 0.25) is 10.0 Å². The van der Waals surface area contributed by atoms with Gasteiger partial charge in [0.25, 0.3) is 0 Å². The highest BCUT2D eigenvalue weighted by molar-refractivity contribution is 7.89. The van der Waals surface area contributed by atoms with Crippen molar-refractivity contribution in [3.63, 3.8) is 0 Å². The number of para-hydroxylation sites is 1. The van der Waals surface area contributed by atoms with E-state index in [-0.39, 0.29) is 23.1 Å². The molecule has 0 aromatic heterocycles. The third-order valence-electron chi connectivity index (χ3n) is 1.95. The third kappa shape index (κ3) is 4.36. The minimum absolute atomic E-state index is 0.00673. The first-order valence-corrected chi connectivity index (χ1v) is 6.67. The Labute approximate surface area is 99.3 Å². The largest absolute Gasteiger partial charge is 0.506 e. The molecule has 0 radical (unpaired) electrons. The van der Waals surface area contributed by atoms with E-state index in [0.29, 0.717) is 12.1 Å². The minimum Gasteiger partial charge on any atom is -0.506 e. The number of rotatable bonds is 5. The topological polar surface area (TPSA) is 92.4 Å². The summed E-state index contributed by atoms with van der Waals surface area (Å²) >= 11 is 5.71. The molecule has 4 N–H and O–H groups in total. The number of nitrogens with one attached hydrogen (secondary N) is 1. The third-order valence-corrected chi connectivity index (χ3v) is 3.03. The number of aromatic hydroxyl groups is 1. The average molecular weight is 265 g/mol. The van der Waals surface area contributed by atoms with E-state index >= 15 is 0 Å².